The van der Waals surface area contributed by atoms with Crippen LogP contribution in [-0.2, 0) is 4.79 Å². The highest BCUT2D eigenvalue weighted by atomic mass is 32.2. The highest BCUT2D eigenvalue weighted by molar-refractivity contribution is 7.99. The molecule has 0 radical (unpaired) electrons. The maximum atomic E-state index is 13.2. The molecule has 1 saturated carbocycles. The van der Waals surface area contributed by atoms with Crippen LogP contribution in [0.4, 0.5) is 5.69 Å². The van der Waals surface area contributed by atoms with Crippen molar-refractivity contribution in [2.24, 2.45) is 0 Å². The molecule has 31 heavy (non-hydrogen) atoms. The van der Waals surface area contributed by atoms with E-state index in [4.69, 9.17) is 5.26 Å². The molecule has 0 spiro atoms. The maximum Gasteiger partial charge on any atom is 0.237 e. The highest BCUT2D eigenvalue weighted by Gasteiger charge is 2.31. The molecule has 158 valence electrons. The van der Waals surface area contributed by atoms with Gasteiger partial charge in [-0.2, -0.15) is 5.26 Å². The van der Waals surface area contributed by atoms with E-state index >= 15 is 0 Å². The van der Waals surface area contributed by atoms with E-state index in [1.807, 2.05) is 56.3 Å². The Hall–Kier alpha value is -3.11. The lowest BCUT2D eigenvalue weighted by Gasteiger charge is -2.22. The Morgan fingerprint density at radius 2 is 1.87 bits per heavy atom. The Labute approximate surface area is 186 Å². The lowest BCUT2D eigenvalue weighted by molar-refractivity contribution is -0.116. The van der Waals surface area contributed by atoms with Gasteiger partial charge in [0, 0.05) is 23.8 Å². The number of aryl methyl sites for hydroxylation is 2. The lowest BCUT2D eigenvalue weighted by Crippen LogP contribution is -2.33. The average Bonchev–Trinajstić information content (AvgIpc) is 3.51. The fraction of sp³-hybridized carbons (Fsp3) is 0.333. The summed E-state index contributed by atoms with van der Waals surface area (Å²) >= 11 is 1.40. The van der Waals surface area contributed by atoms with Gasteiger partial charge >= 0.3 is 0 Å². The summed E-state index contributed by atoms with van der Waals surface area (Å²) in [5.41, 5.74) is 4.03. The average molecular weight is 432 g/mol. The van der Waals surface area contributed by atoms with Crippen molar-refractivity contribution in [1.29, 1.82) is 5.26 Å². The second-order valence-corrected chi connectivity index (χ2v) is 8.82. The van der Waals surface area contributed by atoms with Gasteiger partial charge in [-0.1, -0.05) is 36.0 Å². The third-order valence-electron chi connectivity index (χ3n) is 5.21. The topological polar surface area (TPSA) is 74.8 Å². The number of anilines is 1. The molecule has 4 rings (SSSR count). The molecular weight excluding hydrogens is 406 g/mol. The Bertz CT molecular complexity index is 1090. The molecule has 1 aromatic heterocycles. The standard InChI is InChI=1S/C24H25N5OS/c1-17-13-18(2)15-21(14-17)28(12-6-11-25)22(30)16-31-24-27-26-23(19-9-10-19)29(24)20-7-4-3-5-8-20/h3-5,7-8,13-15,19H,6,9-10,12,16H2,1-2H3. The van der Waals surface area contributed by atoms with Crippen LogP contribution in [0.1, 0.15) is 42.1 Å². The molecule has 0 bridgehead atoms. The van der Waals surface area contributed by atoms with Crippen molar-refractivity contribution in [3.8, 4) is 11.8 Å². The first-order valence-corrected chi connectivity index (χ1v) is 11.4. The molecule has 6 nitrogen and oxygen atoms in total. The summed E-state index contributed by atoms with van der Waals surface area (Å²) in [7, 11) is 0. The second-order valence-electron chi connectivity index (χ2n) is 7.87. The highest BCUT2D eigenvalue weighted by Crippen LogP contribution is 2.41. The van der Waals surface area contributed by atoms with E-state index in [9.17, 15) is 4.79 Å². The molecule has 1 fully saturated rings. The van der Waals surface area contributed by atoms with Crippen LogP contribution in [0.3, 0.4) is 0 Å². The Morgan fingerprint density at radius 1 is 1.16 bits per heavy atom. The zero-order valence-corrected chi connectivity index (χ0v) is 18.6. The zero-order chi connectivity index (χ0) is 21.8. The molecule has 0 saturated heterocycles. The maximum absolute atomic E-state index is 13.2. The SMILES string of the molecule is Cc1cc(C)cc(N(CCC#N)C(=O)CSc2nnc(C3CC3)n2-c2ccccc2)c1. The Balaban J connectivity index is 1.56. The zero-order valence-electron chi connectivity index (χ0n) is 17.8. The number of nitriles is 1. The quantitative estimate of drug-likeness (QED) is 0.479. The van der Waals surface area contributed by atoms with E-state index in [1.165, 1.54) is 11.8 Å². The number of carbonyl (C=O) groups is 1. The second kappa shape index (κ2) is 9.36. The number of para-hydroxylation sites is 1. The third kappa shape index (κ3) is 4.97. The number of nitrogens with zero attached hydrogens (tertiary/aromatic N) is 5. The monoisotopic (exact) mass is 431 g/mol. The van der Waals surface area contributed by atoms with Gasteiger partial charge in [0.05, 0.1) is 18.2 Å². The summed E-state index contributed by atoms with van der Waals surface area (Å²) in [6, 6.07) is 18.3. The fourth-order valence-corrected chi connectivity index (χ4v) is 4.51. The first-order valence-electron chi connectivity index (χ1n) is 10.5. The van der Waals surface area contributed by atoms with Crippen molar-refractivity contribution in [3.05, 3.63) is 65.5 Å². The van der Waals surface area contributed by atoms with E-state index in [-0.39, 0.29) is 18.1 Å². The Morgan fingerprint density at radius 3 is 2.52 bits per heavy atom. The molecule has 1 amide bonds. The van der Waals surface area contributed by atoms with Crippen molar-refractivity contribution < 1.29 is 4.79 Å². The predicted octanol–water partition coefficient (Wildman–Crippen LogP) is 4.80. The van der Waals surface area contributed by atoms with E-state index in [0.717, 1.165) is 46.3 Å². The molecule has 0 N–H and O–H groups in total. The van der Waals surface area contributed by atoms with Crippen molar-refractivity contribution in [2.45, 2.75) is 44.2 Å². The molecule has 0 unspecified atom stereocenters. The molecule has 1 heterocycles. The van der Waals surface area contributed by atoms with Crippen molar-refractivity contribution in [1.82, 2.24) is 14.8 Å². The van der Waals surface area contributed by atoms with Crippen LogP contribution < -0.4 is 4.90 Å². The van der Waals surface area contributed by atoms with Crippen molar-refractivity contribution in [3.63, 3.8) is 0 Å². The lowest BCUT2D eigenvalue weighted by atomic mass is 10.1. The van der Waals surface area contributed by atoms with E-state index in [0.29, 0.717) is 12.5 Å². The van der Waals surface area contributed by atoms with Gasteiger partial charge in [-0.05, 0) is 62.1 Å². The minimum atomic E-state index is -0.0409. The van der Waals surface area contributed by atoms with E-state index in [2.05, 4.69) is 26.9 Å². The van der Waals surface area contributed by atoms with E-state index < -0.39 is 0 Å². The van der Waals surface area contributed by atoms with Gasteiger partial charge in [-0.15, -0.1) is 10.2 Å². The first kappa shape index (κ1) is 21.1. The van der Waals surface area contributed by atoms with Gasteiger partial charge in [0.2, 0.25) is 5.91 Å². The number of amides is 1. The summed E-state index contributed by atoms with van der Waals surface area (Å²) < 4.78 is 2.08. The normalized spacial score (nSPS) is 13.1. The Kier molecular flexibility index (Phi) is 6.38. The van der Waals surface area contributed by atoms with Gasteiger partial charge in [0.1, 0.15) is 5.82 Å². The van der Waals surface area contributed by atoms with Gasteiger partial charge in [0.25, 0.3) is 0 Å². The van der Waals surface area contributed by atoms with E-state index in [1.54, 1.807) is 4.90 Å². The van der Waals surface area contributed by atoms with Crippen LogP contribution in [0.15, 0.2) is 53.7 Å². The number of hydrogen-bond acceptors (Lipinski definition) is 5. The number of benzene rings is 2. The molecule has 7 heteroatoms. The molecular formula is C24H25N5OS. The van der Waals surface area contributed by atoms with Gasteiger partial charge in [0.15, 0.2) is 5.16 Å². The minimum absolute atomic E-state index is 0.0409. The van der Waals surface area contributed by atoms with Crippen LogP contribution in [-0.4, -0.2) is 33.0 Å². The molecule has 3 aromatic rings. The molecule has 1 aliphatic rings. The number of rotatable bonds is 8. The molecule has 0 atom stereocenters. The number of thioether (sulfide) groups is 1. The summed E-state index contributed by atoms with van der Waals surface area (Å²) in [4.78, 5) is 14.9. The minimum Gasteiger partial charge on any atom is -0.311 e. The summed E-state index contributed by atoms with van der Waals surface area (Å²) in [5, 5.41) is 18.6. The molecule has 2 aromatic carbocycles. The molecule has 1 aliphatic carbocycles. The summed E-state index contributed by atoms with van der Waals surface area (Å²) in [5.74, 6) is 1.60. The van der Waals surface area contributed by atoms with Crippen LogP contribution in [0.25, 0.3) is 5.69 Å². The van der Waals surface area contributed by atoms with Gasteiger partial charge in [-0.3, -0.25) is 9.36 Å². The largest absolute Gasteiger partial charge is 0.311 e. The van der Waals surface area contributed by atoms with Crippen LogP contribution in [0.2, 0.25) is 0 Å². The van der Waals surface area contributed by atoms with Gasteiger partial charge < -0.3 is 4.90 Å². The number of hydrogen-bond donors (Lipinski definition) is 0. The van der Waals surface area contributed by atoms with Crippen molar-refractivity contribution in [2.75, 3.05) is 17.2 Å². The number of aromatic nitrogens is 3. The number of carbonyl (C=O) groups excluding carboxylic acids is 1. The third-order valence-corrected chi connectivity index (χ3v) is 6.12. The predicted molar refractivity (Wildman–Crippen MR) is 123 cm³/mol. The summed E-state index contributed by atoms with van der Waals surface area (Å²) in [6.07, 6.45) is 2.54. The molecule has 0 aliphatic heterocycles. The first-order chi connectivity index (χ1) is 15.1. The van der Waals surface area contributed by atoms with Crippen LogP contribution >= 0.6 is 11.8 Å². The van der Waals surface area contributed by atoms with Crippen LogP contribution in [0.5, 0.6) is 0 Å². The summed E-state index contributed by atoms with van der Waals surface area (Å²) in [6.45, 7) is 4.40. The van der Waals surface area contributed by atoms with Crippen molar-refractivity contribution >= 4 is 23.4 Å². The fourth-order valence-electron chi connectivity index (χ4n) is 3.67. The van der Waals surface area contributed by atoms with Gasteiger partial charge in [-0.25, -0.2) is 0 Å². The smallest absolute Gasteiger partial charge is 0.237 e. The van der Waals surface area contributed by atoms with Crippen LogP contribution in [0, 0.1) is 25.2 Å².